The number of hydrogen-bond donors (Lipinski definition) is 0. The average molecular weight is 349 g/mol. The Bertz CT molecular complexity index is 930. The van der Waals surface area contributed by atoms with Gasteiger partial charge in [-0.2, -0.15) is 5.10 Å². The van der Waals surface area contributed by atoms with Crippen molar-refractivity contribution in [2.24, 2.45) is 7.05 Å². The first-order valence-electron chi connectivity index (χ1n) is 8.80. The van der Waals surface area contributed by atoms with Crippen molar-refractivity contribution in [2.75, 3.05) is 6.54 Å². The van der Waals surface area contributed by atoms with Gasteiger partial charge in [-0.15, -0.1) is 5.92 Å². The number of amides is 1. The molecule has 1 atom stereocenters. The van der Waals surface area contributed by atoms with Gasteiger partial charge in [0.2, 0.25) is 5.91 Å². The number of hydrogen-bond acceptors (Lipinski definition) is 3. The van der Waals surface area contributed by atoms with Crippen LogP contribution in [0.4, 0.5) is 0 Å². The number of aromatic nitrogens is 2. The molecule has 1 aromatic carbocycles. The standard InChI is InChI=1S/C21H23N3O2/c1-5-7-15-10-14(3)19(16(6-2)11-15)20-18(25)13-24(21(20)26)12-17-8-9-23(4)22-17/h8-11,20H,6,12-13H2,1-4H3. The van der Waals surface area contributed by atoms with Gasteiger partial charge in [0.25, 0.3) is 0 Å². The topological polar surface area (TPSA) is 55.2 Å². The van der Waals surface area contributed by atoms with Gasteiger partial charge in [-0.05, 0) is 55.2 Å². The van der Waals surface area contributed by atoms with Crippen molar-refractivity contribution in [1.82, 2.24) is 14.7 Å². The van der Waals surface area contributed by atoms with Crippen LogP contribution < -0.4 is 0 Å². The number of carbonyl (C=O) groups excluding carboxylic acids is 2. The second-order valence-corrected chi connectivity index (χ2v) is 6.67. The summed E-state index contributed by atoms with van der Waals surface area (Å²) in [5, 5.41) is 4.31. The van der Waals surface area contributed by atoms with Crippen molar-refractivity contribution in [1.29, 1.82) is 0 Å². The molecular weight excluding hydrogens is 326 g/mol. The van der Waals surface area contributed by atoms with Crippen molar-refractivity contribution >= 4 is 11.7 Å². The van der Waals surface area contributed by atoms with Crippen molar-refractivity contribution in [3.05, 3.63) is 52.3 Å². The molecule has 1 unspecified atom stereocenters. The lowest BCUT2D eigenvalue weighted by Gasteiger charge is -2.18. The lowest BCUT2D eigenvalue weighted by atomic mass is 9.86. The molecule has 1 aliphatic rings. The van der Waals surface area contributed by atoms with E-state index in [2.05, 4.69) is 16.9 Å². The van der Waals surface area contributed by atoms with Crippen LogP contribution >= 0.6 is 0 Å². The molecule has 1 fully saturated rings. The summed E-state index contributed by atoms with van der Waals surface area (Å²) in [4.78, 5) is 27.3. The number of carbonyl (C=O) groups is 2. The molecule has 5 nitrogen and oxygen atoms in total. The SMILES string of the molecule is CC#Cc1cc(C)c(C2C(=O)CN(Cc3ccn(C)n3)C2=O)c(CC)c1. The summed E-state index contributed by atoms with van der Waals surface area (Å²) in [5.74, 6) is 5.08. The third kappa shape index (κ3) is 3.28. The minimum absolute atomic E-state index is 0.0435. The maximum atomic E-state index is 13.0. The van der Waals surface area contributed by atoms with E-state index < -0.39 is 5.92 Å². The van der Waals surface area contributed by atoms with Crippen LogP contribution in [0.1, 0.15) is 47.7 Å². The minimum Gasteiger partial charge on any atom is -0.328 e. The van der Waals surface area contributed by atoms with Gasteiger partial charge in [0.15, 0.2) is 5.78 Å². The molecule has 0 aliphatic carbocycles. The number of rotatable bonds is 4. The van der Waals surface area contributed by atoms with Crippen molar-refractivity contribution in [2.45, 2.75) is 39.7 Å². The number of likely N-dealkylation sites (tertiary alicyclic amines) is 1. The molecule has 0 N–H and O–H groups in total. The zero-order chi connectivity index (χ0) is 18.8. The predicted molar refractivity (Wildman–Crippen MR) is 99.5 cm³/mol. The van der Waals surface area contributed by atoms with Crippen molar-refractivity contribution in [3.8, 4) is 11.8 Å². The van der Waals surface area contributed by atoms with Crippen LogP contribution in [0.5, 0.6) is 0 Å². The van der Waals surface area contributed by atoms with Crippen LogP contribution in [0.2, 0.25) is 0 Å². The van der Waals surface area contributed by atoms with E-state index in [1.807, 2.05) is 45.3 Å². The van der Waals surface area contributed by atoms with Crippen LogP contribution in [0.25, 0.3) is 0 Å². The second kappa shape index (κ2) is 7.17. The fourth-order valence-electron chi connectivity index (χ4n) is 3.63. The van der Waals surface area contributed by atoms with Crippen LogP contribution in [-0.4, -0.2) is 32.9 Å². The summed E-state index contributed by atoms with van der Waals surface area (Å²) >= 11 is 0. The van der Waals surface area contributed by atoms with Gasteiger partial charge < -0.3 is 4.90 Å². The van der Waals surface area contributed by atoms with Gasteiger partial charge in [0.05, 0.1) is 18.8 Å². The molecular formula is C21H23N3O2. The van der Waals surface area contributed by atoms with Gasteiger partial charge >= 0.3 is 0 Å². The van der Waals surface area contributed by atoms with Gasteiger partial charge in [-0.25, -0.2) is 0 Å². The minimum atomic E-state index is -0.711. The molecule has 0 saturated carbocycles. The maximum absolute atomic E-state index is 13.0. The summed E-state index contributed by atoms with van der Waals surface area (Å²) in [6.07, 6.45) is 2.59. The van der Waals surface area contributed by atoms with Crippen LogP contribution in [0, 0.1) is 18.8 Å². The Hall–Kier alpha value is -2.87. The Kier molecular flexibility index (Phi) is 4.94. The van der Waals surface area contributed by atoms with E-state index in [0.717, 1.165) is 34.4 Å². The first-order valence-corrected chi connectivity index (χ1v) is 8.80. The lowest BCUT2D eigenvalue weighted by molar-refractivity contribution is -0.130. The van der Waals surface area contributed by atoms with E-state index in [1.165, 1.54) is 0 Å². The van der Waals surface area contributed by atoms with E-state index in [9.17, 15) is 9.59 Å². The molecule has 1 saturated heterocycles. The number of ketones is 1. The molecule has 5 heteroatoms. The Morgan fingerprint density at radius 2 is 2.08 bits per heavy atom. The number of Topliss-reactive ketones (excluding diaryl/α,β-unsaturated/α-hetero) is 1. The molecule has 0 spiro atoms. The highest BCUT2D eigenvalue weighted by Crippen LogP contribution is 2.33. The number of aryl methyl sites for hydroxylation is 3. The molecule has 0 bridgehead atoms. The highest BCUT2D eigenvalue weighted by Gasteiger charge is 2.41. The molecule has 134 valence electrons. The fourth-order valence-corrected chi connectivity index (χ4v) is 3.63. The molecule has 2 aromatic rings. The Morgan fingerprint density at radius 1 is 1.31 bits per heavy atom. The van der Waals surface area contributed by atoms with E-state index in [4.69, 9.17) is 0 Å². The number of nitrogens with zero attached hydrogens (tertiary/aromatic N) is 3. The maximum Gasteiger partial charge on any atom is 0.238 e. The Balaban J connectivity index is 1.94. The smallest absolute Gasteiger partial charge is 0.238 e. The molecule has 0 radical (unpaired) electrons. The summed E-state index contributed by atoms with van der Waals surface area (Å²) < 4.78 is 1.70. The third-order valence-electron chi connectivity index (χ3n) is 4.76. The predicted octanol–water partition coefficient (Wildman–Crippen LogP) is 2.36. The highest BCUT2D eigenvalue weighted by molar-refractivity contribution is 6.13. The van der Waals surface area contributed by atoms with Gasteiger partial charge in [0, 0.05) is 18.8 Å². The zero-order valence-corrected chi connectivity index (χ0v) is 15.7. The summed E-state index contributed by atoms with van der Waals surface area (Å²) in [6, 6.07) is 5.83. The summed E-state index contributed by atoms with van der Waals surface area (Å²) in [7, 11) is 1.83. The largest absolute Gasteiger partial charge is 0.328 e. The molecule has 26 heavy (non-hydrogen) atoms. The molecule has 1 aliphatic heterocycles. The average Bonchev–Trinajstić information content (AvgIpc) is 3.12. The first kappa shape index (κ1) is 17.9. The Labute approximate surface area is 154 Å². The van der Waals surface area contributed by atoms with Gasteiger partial charge in [-0.3, -0.25) is 14.3 Å². The second-order valence-electron chi connectivity index (χ2n) is 6.67. The van der Waals surface area contributed by atoms with Crippen LogP contribution in [0.15, 0.2) is 24.4 Å². The van der Waals surface area contributed by atoms with E-state index >= 15 is 0 Å². The monoisotopic (exact) mass is 349 g/mol. The molecule has 1 amide bonds. The summed E-state index contributed by atoms with van der Waals surface area (Å²) in [6.45, 7) is 6.30. The molecule has 1 aromatic heterocycles. The molecule has 2 heterocycles. The Morgan fingerprint density at radius 3 is 2.69 bits per heavy atom. The number of benzene rings is 1. The lowest BCUT2D eigenvalue weighted by Crippen LogP contribution is -2.27. The fraction of sp³-hybridized carbons (Fsp3) is 0.381. The van der Waals surface area contributed by atoms with Crippen molar-refractivity contribution in [3.63, 3.8) is 0 Å². The normalized spacial score (nSPS) is 16.8. The van der Waals surface area contributed by atoms with Crippen LogP contribution in [-0.2, 0) is 29.6 Å². The third-order valence-corrected chi connectivity index (χ3v) is 4.76. The van der Waals surface area contributed by atoms with Crippen molar-refractivity contribution < 1.29 is 9.59 Å². The highest BCUT2D eigenvalue weighted by atomic mass is 16.2. The first-order chi connectivity index (χ1) is 12.4. The van der Waals surface area contributed by atoms with Crippen LogP contribution in [0.3, 0.4) is 0 Å². The van der Waals surface area contributed by atoms with E-state index in [1.54, 1.807) is 16.5 Å². The quantitative estimate of drug-likeness (QED) is 0.629. The van der Waals surface area contributed by atoms with Gasteiger partial charge in [0.1, 0.15) is 5.92 Å². The molecule has 3 rings (SSSR count). The zero-order valence-electron chi connectivity index (χ0n) is 15.7. The summed E-state index contributed by atoms with van der Waals surface area (Å²) in [5.41, 5.74) is 4.54. The van der Waals surface area contributed by atoms with E-state index in [-0.39, 0.29) is 18.2 Å². The van der Waals surface area contributed by atoms with E-state index in [0.29, 0.717) is 6.54 Å². The van der Waals surface area contributed by atoms with Gasteiger partial charge in [-0.1, -0.05) is 12.8 Å².